The van der Waals surface area contributed by atoms with Crippen molar-refractivity contribution in [2.75, 3.05) is 7.05 Å². The minimum absolute atomic E-state index is 0.261. The van der Waals surface area contributed by atoms with Gasteiger partial charge in [0.2, 0.25) is 0 Å². The molecule has 0 unspecified atom stereocenters. The first-order valence-electron chi connectivity index (χ1n) is 6.21. The molecular weight excluding hydrogens is 240 g/mol. The fourth-order valence-electron chi connectivity index (χ4n) is 1.78. The standard InChI is InChI=1S/C15H18N2O2/c1-11-3-8-15(14(17-11)9-16-2)19-10-12-4-6-13(18)7-5-12/h3-8,16,18H,9-10H2,1-2H3. The number of hydrogen-bond donors (Lipinski definition) is 2. The Balaban J connectivity index is 2.08. The van der Waals surface area contributed by atoms with Crippen LogP contribution in [0.3, 0.4) is 0 Å². The second-order valence-electron chi connectivity index (χ2n) is 4.38. The average Bonchev–Trinajstić information content (AvgIpc) is 2.40. The molecule has 0 bridgehead atoms. The van der Waals surface area contributed by atoms with Crippen LogP contribution in [0.2, 0.25) is 0 Å². The number of rotatable bonds is 5. The highest BCUT2D eigenvalue weighted by molar-refractivity contribution is 5.30. The maximum atomic E-state index is 9.23. The number of aromatic hydroxyl groups is 1. The average molecular weight is 258 g/mol. The number of ether oxygens (including phenoxy) is 1. The van der Waals surface area contributed by atoms with Gasteiger partial charge in [0.25, 0.3) is 0 Å². The summed E-state index contributed by atoms with van der Waals surface area (Å²) in [6, 6.07) is 10.9. The van der Waals surface area contributed by atoms with Crippen LogP contribution in [0, 0.1) is 6.92 Å². The molecule has 0 amide bonds. The van der Waals surface area contributed by atoms with Crippen molar-refractivity contribution in [1.29, 1.82) is 0 Å². The molecule has 0 spiro atoms. The highest BCUT2D eigenvalue weighted by atomic mass is 16.5. The van der Waals surface area contributed by atoms with Crippen molar-refractivity contribution in [3.05, 3.63) is 53.3 Å². The summed E-state index contributed by atoms with van der Waals surface area (Å²) in [5.41, 5.74) is 2.89. The number of hydrogen-bond acceptors (Lipinski definition) is 4. The number of aryl methyl sites for hydroxylation is 1. The van der Waals surface area contributed by atoms with Gasteiger partial charge in [-0.1, -0.05) is 12.1 Å². The number of benzene rings is 1. The molecule has 0 fully saturated rings. The van der Waals surface area contributed by atoms with Crippen LogP contribution in [0.4, 0.5) is 0 Å². The predicted molar refractivity (Wildman–Crippen MR) is 74.2 cm³/mol. The highest BCUT2D eigenvalue weighted by Crippen LogP contribution is 2.19. The Morgan fingerprint density at radius 1 is 1.16 bits per heavy atom. The van der Waals surface area contributed by atoms with E-state index in [4.69, 9.17) is 4.74 Å². The van der Waals surface area contributed by atoms with Crippen molar-refractivity contribution in [2.45, 2.75) is 20.1 Å². The van der Waals surface area contributed by atoms with E-state index in [2.05, 4.69) is 10.3 Å². The third kappa shape index (κ3) is 3.69. The van der Waals surface area contributed by atoms with Crippen LogP contribution in [0.25, 0.3) is 0 Å². The van der Waals surface area contributed by atoms with E-state index in [-0.39, 0.29) is 5.75 Å². The molecular formula is C15H18N2O2. The van der Waals surface area contributed by atoms with E-state index < -0.39 is 0 Å². The number of pyridine rings is 1. The highest BCUT2D eigenvalue weighted by Gasteiger charge is 2.05. The summed E-state index contributed by atoms with van der Waals surface area (Å²) in [6.45, 7) is 3.09. The lowest BCUT2D eigenvalue weighted by atomic mass is 10.2. The summed E-state index contributed by atoms with van der Waals surface area (Å²) in [5.74, 6) is 1.05. The van der Waals surface area contributed by atoms with E-state index in [0.717, 1.165) is 22.7 Å². The molecule has 0 saturated heterocycles. The van der Waals surface area contributed by atoms with Gasteiger partial charge in [-0.3, -0.25) is 4.98 Å². The van der Waals surface area contributed by atoms with E-state index in [1.165, 1.54) is 0 Å². The summed E-state index contributed by atoms with van der Waals surface area (Å²) in [6.07, 6.45) is 0. The lowest BCUT2D eigenvalue weighted by molar-refractivity contribution is 0.300. The van der Waals surface area contributed by atoms with Crippen LogP contribution in [0.15, 0.2) is 36.4 Å². The number of nitrogens with zero attached hydrogens (tertiary/aromatic N) is 1. The Bertz CT molecular complexity index is 538. The zero-order valence-electron chi connectivity index (χ0n) is 11.2. The first kappa shape index (κ1) is 13.4. The third-order valence-corrected chi connectivity index (χ3v) is 2.75. The van der Waals surface area contributed by atoms with E-state index in [1.54, 1.807) is 12.1 Å². The zero-order valence-corrected chi connectivity index (χ0v) is 11.2. The molecule has 1 aromatic carbocycles. The number of nitrogens with one attached hydrogen (secondary N) is 1. The molecule has 2 rings (SSSR count). The Kier molecular flexibility index (Phi) is 4.36. The van der Waals surface area contributed by atoms with Gasteiger partial charge in [0, 0.05) is 12.2 Å². The van der Waals surface area contributed by atoms with Crippen molar-refractivity contribution >= 4 is 0 Å². The van der Waals surface area contributed by atoms with E-state index in [1.807, 2.05) is 38.2 Å². The van der Waals surface area contributed by atoms with Crippen LogP contribution in [0.1, 0.15) is 17.0 Å². The monoisotopic (exact) mass is 258 g/mol. The predicted octanol–water partition coefficient (Wildman–Crippen LogP) is 2.39. The van der Waals surface area contributed by atoms with E-state index in [9.17, 15) is 5.11 Å². The van der Waals surface area contributed by atoms with E-state index in [0.29, 0.717) is 13.2 Å². The smallest absolute Gasteiger partial charge is 0.142 e. The molecule has 0 aliphatic heterocycles. The Morgan fingerprint density at radius 3 is 2.58 bits per heavy atom. The maximum Gasteiger partial charge on any atom is 0.142 e. The molecule has 0 aliphatic carbocycles. The number of aromatic nitrogens is 1. The molecule has 19 heavy (non-hydrogen) atoms. The quantitative estimate of drug-likeness (QED) is 0.864. The molecule has 4 heteroatoms. The van der Waals surface area contributed by atoms with Crippen LogP contribution in [0.5, 0.6) is 11.5 Å². The van der Waals surface area contributed by atoms with Crippen LogP contribution >= 0.6 is 0 Å². The molecule has 0 atom stereocenters. The van der Waals surface area contributed by atoms with Crippen LogP contribution < -0.4 is 10.1 Å². The number of phenols is 1. The molecule has 0 radical (unpaired) electrons. The zero-order chi connectivity index (χ0) is 13.7. The third-order valence-electron chi connectivity index (χ3n) is 2.75. The normalized spacial score (nSPS) is 10.4. The maximum absolute atomic E-state index is 9.23. The SMILES string of the molecule is CNCc1nc(C)ccc1OCc1ccc(O)cc1. The van der Waals surface area contributed by atoms with Crippen molar-refractivity contribution in [1.82, 2.24) is 10.3 Å². The van der Waals surface area contributed by atoms with E-state index >= 15 is 0 Å². The van der Waals surface area contributed by atoms with Crippen molar-refractivity contribution in [3.8, 4) is 11.5 Å². The molecule has 4 nitrogen and oxygen atoms in total. The first-order chi connectivity index (χ1) is 9.19. The van der Waals surface area contributed by atoms with Gasteiger partial charge in [0.1, 0.15) is 18.1 Å². The Hall–Kier alpha value is -2.07. The van der Waals surface area contributed by atoms with Gasteiger partial charge >= 0.3 is 0 Å². The van der Waals surface area contributed by atoms with Gasteiger partial charge in [0.05, 0.1) is 5.69 Å². The molecule has 0 saturated carbocycles. The van der Waals surface area contributed by atoms with Gasteiger partial charge in [-0.15, -0.1) is 0 Å². The number of phenolic OH excluding ortho intramolecular Hbond substituents is 1. The minimum Gasteiger partial charge on any atom is -0.508 e. The van der Waals surface area contributed by atoms with Crippen molar-refractivity contribution in [2.24, 2.45) is 0 Å². The molecule has 1 heterocycles. The molecule has 1 aromatic heterocycles. The fraction of sp³-hybridized carbons (Fsp3) is 0.267. The van der Waals surface area contributed by atoms with Gasteiger partial charge in [-0.2, -0.15) is 0 Å². The van der Waals surface area contributed by atoms with Gasteiger partial charge in [-0.25, -0.2) is 0 Å². The largest absolute Gasteiger partial charge is 0.508 e. The fourth-order valence-corrected chi connectivity index (χ4v) is 1.78. The Morgan fingerprint density at radius 2 is 1.89 bits per heavy atom. The first-order valence-corrected chi connectivity index (χ1v) is 6.21. The van der Waals surface area contributed by atoms with Crippen LogP contribution in [-0.2, 0) is 13.2 Å². The Labute approximate surface area is 113 Å². The molecule has 2 N–H and O–H groups in total. The lowest BCUT2D eigenvalue weighted by Crippen LogP contribution is -2.10. The van der Waals surface area contributed by atoms with Gasteiger partial charge in [0.15, 0.2) is 0 Å². The summed E-state index contributed by atoms with van der Waals surface area (Å²) in [4.78, 5) is 4.46. The van der Waals surface area contributed by atoms with Gasteiger partial charge < -0.3 is 15.2 Å². The molecule has 2 aromatic rings. The molecule has 0 aliphatic rings. The molecule has 100 valence electrons. The second-order valence-corrected chi connectivity index (χ2v) is 4.38. The van der Waals surface area contributed by atoms with Crippen molar-refractivity contribution in [3.63, 3.8) is 0 Å². The van der Waals surface area contributed by atoms with Crippen molar-refractivity contribution < 1.29 is 9.84 Å². The summed E-state index contributed by atoms with van der Waals surface area (Å²) >= 11 is 0. The summed E-state index contributed by atoms with van der Waals surface area (Å²) in [7, 11) is 1.88. The summed E-state index contributed by atoms with van der Waals surface area (Å²) < 4.78 is 5.79. The topological polar surface area (TPSA) is 54.4 Å². The lowest BCUT2D eigenvalue weighted by Gasteiger charge is -2.11. The van der Waals surface area contributed by atoms with Crippen LogP contribution in [-0.4, -0.2) is 17.1 Å². The minimum atomic E-state index is 0.261. The second kappa shape index (κ2) is 6.20. The summed E-state index contributed by atoms with van der Waals surface area (Å²) in [5, 5.41) is 12.3. The van der Waals surface area contributed by atoms with Gasteiger partial charge in [-0.05, 0) is 43.8 Å².